The zero-order valence-electron chi connectivity index (χ0n) is 11.0. The van der Waals surface area contributed by atoms with Gasteiger partial charge in [0.15, 0.2) is 0 Å². The summed E-state index contributed by atoms with van der Waals surface area (Å²) in [5.74, 6) is 0.714. The van der Waals surface area contributed by atoms with Crippen LogP contribution in [0, 0.1) is 6.92 Å². The van der Waals surface area contributed by atoms with E-state index in [2.05, 4.69) is 10.3 Å². The van der Waals surface area contributed by atoms with Gasteiger partial charge in [-0.3, -0.25) is 4.79 Å². The van der Waals surface area contributed by atoms with Gasteiger partial charge >= 0.3 is 0 Å². The van der Waals surface area contributed by atoms with E-state index in [4.69, 9.17) is 4.74 Å². The van der Waals surface area contributed by atoms with Crippen LogP contribution in [0.2, 0.25) is 0 Å². The first-order valence-corrected chi connectivity index (χ1v) is 6.90. The Morgan fingerprint density at radius 3 is 3.00 bits per heavy atom. The third-order valence-electron chi connectivity index (χ3n) is 2.69. The molecule has 0 saturated carbocycles. The predicted molar refractivity (Wildman–Crippen MR) is 75.9 cm³/mol. The molecular weight excluding hydrogens is 260 g/mol. The Morgan fingerprint density at radius 1 is 1.47 bits per heavy atom. The van der Waals surface area contributed by atoms with Gasteiger partial charge in [0.25, 0.3) is 5.91 Å². The van der Waals surface area contributed by atoms with Crippen LogP contribution in [0.15, 0.2) is 29.6 Å². The van der Waals surface area contributed by atoms with Crippen molar-refractivity contribution in [3.05, 3.63) is 45.9 Å². The first-order chi connectivity index (χ1) is 9.19. The number of thiazole rings is 1. The zero-order valence-corrected chi connectivity index (χ0v) is 11.8. The first-order valence-electron chi connectivity index (χ1n) is 6.02. The fourth-order valence-electron chi connectivity index (χ4n) is 1.71. The number of aromatic nitrogens is 1. The molecule has 0 aliphatic heterocycles. The second-order valence-electron chi connectivity index (χ2n) is 4.11. The fraction of sp³-hybridized carbons (Fsp3) is 0.286. The van der Waals surface area contributed by atoms with E-state index in [1.807, 2.05) is 31.2 Å². The van der Waals surface area contributed by atoms with Crippen LogP contribution in [-0.4, -0.2) is 24.5 Å². The molecule has 19 heavy (non-hydrogen) atoms. The third-order valence-corrected chi connectivity index (χ3v) is 3.46. The number of hydrogen-bond donors (Lipinski definition) is 1. The van der Waals surface area contributed by atoms with Crippen molar-refractivity contribution in [3.63, 3.8) is 0 Å². The van der Waals surface area contributed by atoms with Gasteiger partial charge in [-0.25, -0.2) is 4.98 Å². The summed E-state index contributed by atoms with van der Waals surface area (Å²) in [6, 6.07) is 7.83. The molecule has 5 heteroatoms. The number of rotatable bonds is 5. The van der Waals surface area contributed by atoms with E-state index < -0.39 is 0 Å². The fourth-order valence-corrected chi connectivity index (χ4v) is 2.30. The SMILES string of the molecule is COc1cccc(CCNC(=O)c2csc(C)n2)c1. The summed E-state index contributed by atoms with van der Waals surface area (Å²) >= 11 is 1.48. The van der Waals surface area contributed by atoms with Crippen LogP contribution >= 0.6 is 11.3 Å². The van der Waals surface area contributed by atoms with Gasteiger partial charge in [-0.2, -0.15) is 0 Å². The largest absolute Gasteiger partial charge is 0.497 e. The molecule has 0 aliphatic rings. The van der Waals surface area contributed by atoms with Crippen LogP contribution in [0.5, 0.6) is 5.75 Å². The van der Waals surface area contributed by atoms with Gasteiger partial charge in [0.2, 0.25) is 0 Å². The number of nitrogens with one attached hydrogen (secondary N) is 1. The molecule has 0 aliphatic carbocycles. The van der Waals surface area contributed by atoms with E-state index in [0.717, 1.165) is 22.7 Å². The van der Waals surface area contributed by atoms with Crippen LogP contribution in [0.25, 0.3) is 0 Å². The Labute approximate surface area is 116 Å². The number of aryl methyl sites for hydroxylation is 1. The topological polar surface area (TPSA) is 51.2 Å². The van der Waals surface area contributed by atoms with Crippen molar-refractivity contribution in [2.45, 2.75) is 13.3 Å². The average molecular weight is 276 g/mol. The highest BCUT2D eigenvalue weighted by Crippen LogP contribution is 2.12. The first kappa shape index (κ1) is 13.5. The van der Waals surface area contributed by atoms with Crippen LogP contribution in [-0.2, 0) is 6.42 Å². The lowest BCUT2D eigenvalue weighted by molar-refractivity contribution is 0.0949. The summed E-state index contributed by atoms with van der Waals surface area (Å²) in [5.41, 5.74) is 1.63. The standard InChI is InChI=1S/C14H16N2O2S/c1-10-16-13(9-19-10)14(17)15-7-6-11-4-3-5-12(8-11)18-2/h3-5,8-9H,6-7H2,1-2H3,(H,15,17). The Bertz CT molecular complexity index is 566. The van der Waals surface area contributed by atoms with E-state index >= 15 is 0 Å². The molecule has 100 valence electrons. The summed E-state index contributed by atoms with van der Waals surface area (Å²) < 4.78 is 5.16. The molecule has 0 unspecified atom stereocenters. The maximum atomic E-state index is 11.8. The lowest BCUT2D eigenvalue weighted by atomic mass is 10.1. The minimum absolute atomic E-state index is 0.118. The van der Waals surface area contributed by atoms with Crippen molar-refractivity contribution in [2.24, 2.45) is 0 Å². The Kier molecular flexibility index (Phi) is 4.52. The van der Waals surface area contributed by atoms with Crippen LogP contribution in [0.4, 0.5) is 0 Å². The molecule has 0 bridgehead atoms. The quantitative estimate of drug-likeness (QED) is 0.912. The van der Waals surface area contributed by atoms with Gasteiger partial charge in [-0.1, -0.05) is 12.1 Å². The van der Waals surface area contributed by atoms with Gasteiger partial charge in [0, 0.05) is 11.9 Å². The molecule has 1 aromatic carbocycles. The smallest absolute Gasteiger partial charge is 0.270 e. The highest BCUT2D eigenvalue weighted by atomic mass is 32.1. The maximum absolute atomic E-state index is 11.8. The number of hydrogen-bond acceptors (Lipinski definition) is 4. The number of carbonyl (C=O) groups is 1. The van der Waals surface area contributed by atoms with Gasteiger partial charge in [0.05, 0.1) is 12.1 Å². The molecule has 1 amide bonds. The van der Waals surface area contributed by atoms with Gasteiger partial charge in [-0.15, -0.1) is 11.3 Å². The van der Waals surface area contributed by atoms with Crippen molar-refractivity contribution < 1.29 is 9.53 Å². The van der Waals surface area contributed by atoms with Gasteiger partial charge in [-0.05, 0) is 31.0 Å². The highest BCUT2D eigenvalue weighted by molar-refractivity contribution is 7.09. The molecular formula is C14H16N2O2S. The second-order valence-corrected chi connectivity index (χ2v) is 5.17. The number of methoxy groups -OCH3 is 1. The number of ether oxygens (including phenoxy) is 1. The Balaban J connectivity index is 1.84. The van der Waals surface area contributed by atoms with Crippen molar-refractivity contribution in [1.82, 2.24) is 10.3 Å². The summed E-state index contributed by atoms with van der Waals surface area (Å²) in [6.45, 7) is 2.47. The van der Waals surface area contributed by atoms with Crippen molar-refractivity contribution in [1.29, 1.82) is 0 Å². The summed E-state index contributed by atoms with van der Waals surface area (Å²) in [4.78, 5) is 15.9. The minimum Gasteiger partial charge on any atom is -0.497 e. The number of nitrogens with zero attached hydrogens (tertiary/aromatic N) is 1. The lowest BCUT2D eigenvalue weighted by Gasteiger charge is -2.05. The molecule has 0 radical (unpaired) electrons. The van der Waals surface area contributed by atoms with E-state index in [9.17, 15) is 4.79 Å². The van der Waals surface area contributed by atoms with Gasteiger partial charge < -0.3 is 10.1 Å². The summed E-state index contributed by atoms with van der Waals surface area (Å²) in [7, 11) is 1.64. The molecule has 4 nitrogen and oxygen atoms in total. The van der Waals surface area contributed by atoms with Gasteiger partial charge in [0.1, 0.15) is 11.4 Å². The molecule has 1 aromatic heterocycles. The molecule has 2 aromatic rings. The third kappa shape index (κ3) is 3.79. The Hall–Kier alpha value is -1.88. The van der Waals surface area contributed by atoms with Crippen LogP contribution in [0.1, 0.15) is 21.1 Å². The molecule has 1 N–H and O–H groups in total. The maximum Gasteiger partial charge on any atom is 0.270 e. The Morgan fingerprint density at radius 2 is 2.32 bits per heavy atom. The molecule has 2 rings (SSSR count). The number of benzene rings is 1. The zero-order chi connectivity index (χ0) is 13.7. The second kappa shape index (κ2) is 6.33. The molecule has 0 spiro atoms. The predicted octanol–water partition coefficient (Wildman–Crippen LogP) is 2.43. The van der Waals surface area contributed by atoms with Crippen molar-refractivity contribution in [3.8, 4) is 5.75 Å². The van der Waals surface area contributed by atoms with E-state index in [-0.39, 0.29) is 5.91 Å². The van der Waals surface area contributed by atoms with E-state index in [0.29, 0.717) is 12.2 Å². The summed E-state index contributed by atoms with van der Waals surface area (Å²) in [6.07, 6.45) is 0.770. The van der Waals surface area contributed by atoms with Crippen molar-refractivity contribution in [2.75, 3.05) is 13.7 Å². The monoisotopic (exact) mass is 276 g/mol. The lowest BCUT2D eigenvalue weighted by Crippen LogP contribution is -2.25. The van der Waals surface area contributed by atoms with Crippen molar-refractivity contribution >= 4 is 17.2 Å². The number of amides is 1. The van der Waals surface area contributed by atoms with E-state index in [1.54, 1.807) is 12.5 Å². The minimum atomic E-state index is -0.118. The molecule has 0 fully saturated rings. The molecule has 0 atom stereocenters. The summed E-state index contributed by atoms with van der Waals surface area (Å²) in [5, 5.41) is 5.54. The number of carbonyl (C=O) groups excluding carboxylic acids is 1. The molecule has 1 heterocycles. The average Bonchev–Trinajstić information content (AvgIpc) is 2.86. The normalized spacial score (nSPS) is 10.2. The van der Waals surface area contributed by atoms with E-state index in [1.165, 1.54) is 11.3 Å². The molecule has 0 saturated heterocycles. The van der Waals surface area contributed by atoms with Crippen LogP contribution < -0.4 is 10.1 Å². The van der Waals surface area contributed by atoms with Crippen LogP contribution in [0.3, 0.4) is 0 Å². The highest BCUT2D eigenvalue weighted by Gasteiger charge is 2.08.